The number of aliphatic carboxylic acids is 3. The molecule has 3 atom stereocenters. The highest BCUT2D eigenvalue weighted by Gasteiger charge is 2.41. The molecular formula is C9H13NO6. The fourth-order valence-corrected chi connectivity index (χ4v) is 2.06. The Morgan fingerprint density at radius 3 is 2.06 bits per heavy atom. The summed E-state index contributed by atoms with van der Waals surface area (Å²) in [6.07, 6.45) is -0.545. The van der Waals surface area contributed by atoms with Gasteiger partial charge in [-0.25, -0.2) is 0 Å². The molecule has 0 aromatic carbocycles. The van der Waals surface area contributed by atoms with Crippen molar-refractivity contribution in [1.29, 1.82) is 0 Å². The molecule has 1 rings (SSSR count). The van der Waals surface area contributed by atoms with Crippen LogP contribution in [0.2, 0.25) is 0 Å². The Hall–Kier alpha value is -1.63. The summed E-state index contributed by atoms with van der Waals surface area (Å²) in [4.78, 5) is 31.9. The average Bonchev–Trinajstić information content (AvgIpc) is 2.47. The summed E-state index contributed by atoms with van der Waals surface area (Å²) in [7, 11) is 0. The Kier molecular flexibility index (Phi) is 3.83. The molecule has 90 valence electrons. The second-order valence-corrected chi connectivity index (χ2v) is 3.84. The molecule has 1 aliphatic heterocycles. The normalized spacial score (nSPS) is 28.9. The molecule has 1 saturated heterocycles. The number of rotatable bonds is 5. The zero-order valence-electron chi connectivity index (χ0n) is 8.42. The van der Waals surface area contributed by atoms with Gasteiger partial charge < -0.3 is 20.6 Å². The minimum Gasteiger partial charge on any atom is -0.481 e. The minimum absolute atomic E-state index is 0.214. The van der Waals surface area contributed by atoms with Gasteiger partial charge in [-0.05, 0) is 18.4 Å². The van der Waals surface area contributed by atoms with E-state index < -0.39 is 35.8 Å². The lowest BCUT2D eigenvalue weighted by Gasteiger charge is -2.18. The van der Waals surface area contributed by atoms with Gasteiger partial charge in [0, 0.05) is 6.42 Å². The lowest BCUT2D eigenvalue weighted by molar-refractivity contribution is -0.144. The van der Waals surface area contributed by atoms with E-state index in [0.29, 0.717) is 0 Å². The van der Waals surface area contributed by atoms with Crippen LogP contribution < -0.4 is 5.32 Å². The van der Waals surface area contributed by atoms with Crippen LogP contribution in [0.5, 0.6) is 0 Å². The van der Waals surface area contributed by atoms with E-state index in [0.717, 1.165) is 0 Å². The van der Waals surface area contributed by atoms with Gasteiger partial charge in [-0.1, -0.05) is 0 Å². The van der Waals surface area contributed by atoms with Gasteiger partial charge in [0.25, 0.3) is 0 Å². The minimum atomic E-state index is -1.14. The molecule has 0 spiro atoms. The molecule has 16 heavy (non-hydrogen) atoms. The highest BCUT2D eigenvalue weighted by molar-refractivity contribution is 5.77. The van der Waals surface area contributed by atoms with Gasteiger partial charge in [-0.15, -0.1) is 0 Å². The van der Waals surface area contributed by atoms with Crippen LogP contribution in [0.4, 0.5) is 0 Å². The number of carbonyl (C=O) groups is 3. The van der Waals surface area contributed by atoms with Crippen LogP contribution in [0.1, 0.15) is 12.8 Å². The number of hydrogen-bond acceptors (Lipinski definition) is 4. The molecule has 0 radical (unpaired) electrons. The molecule has 7 heteroatoms. The lowest BCUT2D eigenvalue weighted by atomic mass is 9.85. The van der Waals surface area contributed by atoms with Crippen molar-refractivity contribution >= 4 is 17.9 Å². The largest absolute Gasteiger partial charge is 0.481 e. The van der Waals surface area contributed by atoms with Gasteiger partial charge in [0.1, 0.15) is 6.04 Å². The van der Waals surface area contributed by atoms with Crippen molar-refractivity contribution in [2.45, 2.75) is 18.9 Å². The van der Waals surface area contributed by atoms with Crippen molar-refractivity contribution < 1.29 is 29.7 Å². The molecule has 0 amide bonds. The first-order valence-electron chi connectivity index (χ1n) is 4.81. The van der Waals surface area contributed by atoms with Crippen molar-refractivity contribution in [3.05, 3.63) is 0 Å². The third kappa shape index (κ3) is 2.93. The molecule has 0 unspecified atom stereocenters. The Labute approximate surface area is 91.1 Å². The van der Waals surface area contributed by atoms with Gasteiger partial charge in [-0.3, -0.25) is 14.4 Å². The molecule has 1 aliphatic rings. The monoisotopic (exact) mass is 231 g/mol. The molecule has 0 aromatic heterocycles. The summed E-state index contributed by atoms with van der Waals surface area (Å²) >= 11 is 0. The molecule has 4 N–H and O–H groups in total. The second kappa shape index (κ2) is 4.93. The highest BCUT2D eigenvalue weighted by atomic mass is 16.4. The van der Waals surface area contributed by atoms with E-state index in [1.165, 1.54) is 0 Å². The van der Waals surface area contributed by atoms with Gasteiger partial charge in [-0.2, -0.15) is 0 Å². The first-order valence-corrected chi connectivity index (χ1v) is 4.81. The third-order valence-electron chi connectivity index (χ3n) is 2.75. The second-order valence-electron chi connectivity index (χ2n) is 3.84. The first-order chi connectivity index (χ1) is 7.41. The van der Waals surface area contributed by atoms with E-state index in [2.05, 4.69) is 5.32 Å². The smallest absolute Gasteiger partial charge is 0.321 e. The standard InChI is InChI=1S/C9H13NO6/c11-6(12)1-4-3-10-8(9(15)16)5(4)2-7(13)14/h4-5,8,10H,1-3H2,(H,11,12)(H,13,14)(H,15,16)/t4-,5-,8-/m1/s1. The maximum absolute atomic E-state index is 10.8. The fourth-order valence-electron chi connectivity index (χ4n) is 2.06. The Morgan fingerprint density at radius 2 is 1.62 bits per heavy atom. The highest BCUT2D eigenvalue weighted by Crippen LogP contribution is 2.28. The van der Waals surface area contributed by atoms with E-state index in [1.807, 2.05) is 0 Å². The predicted octanol–water partition coefficient (Wildman–Crippen LogP) is -0.775. The molecular weight excluding hydrogens is 218 g/mol. The van der Waals surface area contributed by atoms with E-state index in [-0.39, 0.29) is 19.4 Å². The Bertz CT molecular complexity index is 315. The van der Waals surface area contributed by atoms with Crippen LogP contribution in [0.25, 0.3) is 0 Å². The Balaban J connectivity index is 2.74. The zero-order chi connectivity index (χ0) is 12.3. The molecule has 0 bridgehead atoms. The van der Waals surface area contributed by atoms with E-state index in [9.17, 15) is 14.4 Å². The van der Waals surface area contributed by atoms with Gasteiger partial charge in [0.2, 0.25) is 0 Å². The molecule has 0 aromatic rings. The zero-order valence-corrected chi connectivity index (χ0v) is 8.42. The van der Waals surface area contributed by atoms with Gasteiger partial charge >= 0.3 is 17.9 Å². The Morgan fingerprint density at radius 1 is 1.06 bits per heavy atom. The van der Waals surface area contributed by atoms with Gasteiger partial charge in [0.15, 0.2) is 0 Å². The third-order valence-corrected chi connectivity index (χ3v) is 2.75. The SMILES string of the molecule is O=C(O)C[C@@H]1CN[C@@H](C(=O)O)[C@@H]1CC(=O)O. The summed E-state index contributed by atoms with van der Waals surface area (Å²) < 4.78 is 0. The van der Waals surface area contributed by atoms with Gasteiger partial charge in [0.05, 0.1) is 6.42 Å². The van der Waals surface area contributed by atoms with Crippen molar-refractivity contribution in [1.82, 2.24) is 5.32 Å². The topological polar surface area (TPSA) is 124 Å². The number of carboxylic acid groups (broad SMARTS) is 3. The average molecular weight is 231 g/mol. The summed E-state index contributed by atoms with van der Waals surface area (Å²) in [6, 6.07) is -0.972. The summed E-state index contributed by atoms with van der Waals surface area (Å²) in [5, 5.41) is 28.8. The summed E-state index contributed by atoms with van der Waals surface area (Å²) in [5.74, 6) is -4.43. The van der Waals surface area contributed by atoms with Crippen LogP contribution in [-0.4, -0.2) is 45.8 Å². The summed E-state index contributed by atoms with van der Waals surface area (Å²) in [5.41, 5.74) is 0. The van der Waals surface area contributed by atoms with E-state index in [1.54, 1.807) is 0 Å². The van der Waals surface area contributed by atoms with Crippen LogP contribution in [0.3, 0.4) is 0 Å². The van der Waals surface area contributed by atoms with Crippen molar-refractivity contribution in [3.8, 4) is 0 Å². The van der Waals surface area contributed by atoms with Crippen LogP contribution in [0, 0.1) is 11.8 Å². The number of carboxylic acids is 3. The van der Waals surface area contributed by atoms with E-state index in [4.69, 9.17) is 15.3 Å². The molecule has 1 heterocycles. The predicted molar refractivity (Wildman–Crippen MR) is 50.9 cm³/mol. The van der Waals surface area contributed by atoms with Crippen LogP contribution >= 0.6 is 0 Å². The quantitative estimate of drug-likeness (QED) is 0.489. The molecule has 7 nitrogen and oxygen atoms in total. The van der Waals surface area contributed by atoms with Crippen LogP contribution in [0.15, 0.2) is 0 Å². The summed E-state index contributed by atoms with van der Waals surface area (Å²) in [6.45, 7) is 0.223. The molecule has 1 fully saturated rings. The maximum Gasteiger partial charge on any atom is 0.321 e. The fraction of sp³-hybridized carbons (Fsp3) is 0.667. The first kappa shape index (κ1) is 12.4. The van der Waals surface area contributed by atoms with E-state index >= 15 is 0 Å². The lowest BCUT2D eigenvalue weighted by Crippen LogP contribution is -2.36. The van der Waals surface area contributed by atoms with Crippen molar-refractivity contribution in [3.63, 3.8) is 0 Å². The van der Waals surface area contributed by atoms with Crippen LogP contribution in [-0.2, 0) is 14.4 Å². The van der Waals surface area contributed by atoms with Crippen molar-refractivity contribution in [2.24, 2.45) is 11.8 Å². The molecule has 0 saturated carbocycles. The number of hydrogen-bond donors (Lipinski definition) is 4. The maximum atomic E-state index is 10.8. The number of nitrogens with one attached hydrogen (secondary N) is 1. The molecule has 0 aliphatic carbocycles. The van der Waals surface area contributed by atoms with Crippen molar-refractivity contribution in [2.75, 3.05) is 6.54 Å².